The lowest BCUT2D eigenvalue weighted by molar-refractivity contribution is 0.0527. The van der Waals surface area contributed by atoms with E-state index in [0.29, 0.717) is 5.54 Å². The quantitative estimate of drug-likeness (QED) is 0.623. The number of ether oxygens (including phenoxy) is 1. The van der Waals surface area contributed by atoms with Gasteiger partial charge in [0.05, 0.1) is 6.61 Å². The van der Waals surface area contributed by atoms with E-state index in [1.54, 1.807) is 0 Å². The summed E-state index contributed by atoms with van der Waals surface area (Å²) in [5.41, 5.74) is 0.439. The molecule has 0 aromatic carbocycles. The summed E-state index contributed by atoms with van der Waals surface area (Å²) in [4.78, 5) is 2.66. The molecule has 0 aliphatic carbocycles. The molecular weight excluding hydrogens is 150 g/mol. The van der Waals surface area contributed by atoms with Crippen molar-refractivity contribution in [3.63, 3.8) is 0 Å². The van der Waals surface area contributed by atoms with Gasteiger partial charge in [-0.1, -0.05) is 0 Å². The maximum Gasteiger partial charge on any atom is 0.0646 e. The number of rotatable bonds is 2. The van der Waals surface area contributed by atoms with E-state index in [1.165, 1.54) is 32.2 Å². The minimum atomic E-state index is 0.439. The molecule has 2 heteroatoms. The fraction of sp³-hybridized carbons (Fsp3) is 1.00. The lowest BCUT2D eigenvalue weighted by Gasteiger charge is -2.33. The van der Waals surface area contributed by atoms with Crippen molar-refractivity contribution in [2.24, 2.45) is 0 Å². The average molecular weight is 169 g/mol. The summed E-state index contributed by atoms with van der Waals surface area (Å²) >= 11 is 0. The lowest BCUT2D eigenvalue weighted by Crippen LogP contribution is -2.44. The van der Waals surface area contributed by atoms with Crippen molar-refractivity contribution < 1.29 is 4.74 Å². The van der Waals surface area contributed by atoms with Gasteiger partial charge in [0.2, 0.25) is 0 Å². The zero-order valence-electron chi connectivity index (χ0n) is 8.18. The van der Waals surface area contributed by atoms with Crippen LogP contribution in [0.15, 0.2) is 0 Å². The molecule has 0 unspecified atom stereocenters. The van der Waals surface area contributed by atoms with Gasteiger partial charge in [-0.3, -0.25) is 4.90 Å². The molecule has 70 valence electrons. The molecule has 2 atom stereocenters. The van der Waals surface area contributed by atoms with Gasteiger partial charge < -0.3 is 4.74 Å². The molecule has 0 bridgehead atoms. The van der Waals surface area contributed by atoms with Crippen LogP contribution in [0.5, 0.6) is 0 Å². The molecule has 0 N–H and O–H groups in total. The molecule has 2 heterocycles. The number of hydrogen-bond donors (Lipinski definition) is 0. The first kappa shape index (κ1) is 8.52. The van der Waals surface area contributed by atoms with Crippen LogP contribution in [0.3, 0.4) is 0 Å². The predicted octanol–water partition coefficient (Wildman–Crippen LogP) is 1.65. The third kappa shape index (κ3) is 1.09. The Morgan fingerprint density at radius 2 is 2.33 bits per heavy atom. The minimum Gasteiger partial charge on any atom is -0.383 e. The maximum absolute atomic E-state index is 5.34. The van der Waals surface area contributed by atoms with Crippen LogP contribution >= 0.6 is 0 Å². The topological polar surface area (TPSA) is 12.5 Å². The van der Waals surface area contributed by atoms with Crippen LogP contribution in [0.2, 0.25) is 0 Å². The molecule has 2 rings (SSSR count). The van der Waals surface area contributed by atoms with Crippen LogP contribution in [0, 0.1) is 0 Å². The van der Waals surface area contributed by atoms with E-state index in [2.05, 4.69) is 11.8 Å². The third-order valence-corrected chi connectivity index (χ3v) is 3.62. The zero-order chi connectivity index (χ0) is 8.60. The molecule has 2 aliphatic heterocycles. The Labute approximate surface area is 74.9 Å². The molecule has 2 aliphatic rings. The predicted molar refractivity (Wildman–Crippen MR) is 49.2 cm³/mol. The zero-order valence-corrected chi connectivity index (χ0v) is 8.18. The normalized spacial score (nSPS) is 42.0. The van der Waals surface area contributed by atoms with E-state index < -0.39 is 0 Å². The largest absolute Gasteiger partial charge is 0.383 e. The summed E-state index contributed by atoms with van der Waals surface area (Å²) in [7, 11) is 1.83. The van der Waals surface area contributed by atoms with Gasteiger partial charge in [-0.15, -0.1) is 0 Å². The summed E-state index contributed by atoms with van der Waals surface area (Å²) < 4.78 is 5.34. The van der Waals surface area contributed by atoms with Crippen molar-refractivity contribution in [3.8, 4) is 0 Å². The summed E-state index contributed by atoms with van der Waals surface area (Å²) in [6, 6.07) is 0.794. The second-order valence-corrected chi connectivity index (χ2v) is 4.34. The molecule has 0 spiro atoms. The van der Waals surface area contributed by atoms with Crippen molar-refractivity contribution in [1.82, 2.24) is 4.90 Å². The van der Waals surface area contributed by atoms with Crippen molar-refractivity contribution in [2.45, 2.75) is 44.2 Å². The first-order valence-electron chi connectivity index (χ1n) is 5.04. The highest BCUT2D eigenvalue weighted by Crippen LogP contribution is 2.42. The van der Waals surface area contributed by atoms with Crippen molar-refractivity contribution in [2.75, 3.05) is 20.3 Å². The van der Waals surface area contributed by atoms with Crippen molar-refractivity contribution in [3.05, 3.63) is 0 Å². The van der Waals surface area contributed by atoms with Gasteiger partial charge in [0.25, 0.3) is 0 Å². The van der Waals surface area contributed by atoms with E-state index in [4.69, 9.17) is 4.74 Å². The standard InChI is InChI=1S/C10H19NO/c1-9-4-6-10(8-12-2)5-3-7-11(9)10/h9H,3-8H2,1-2H3/t9-,10+/m1/s1. The SMILES string of the molecule is COC[C@@]12CCCN1[C@H](C)CC2. The number of nitrogens with zero attached hydrogens (tertiary/aromatic N) is 1. The van der Waals surface area contributed by atoms with Gasteiger partial charge in [-0.25, -0.2) is 0 Å². The summed E-state index contributed by atoms with van der Waals surface area (Å²) in [5.74, 6) is 0. The van der Waals surface area contributed by atoms with Crippen LogP contribution in [0.25, 0.3) is 0 Å². The third-order valence-electron chi connectivity index (χ3n) is 3.62. The Hall–Kier alpha value is -0.0800. The van der Waals surface area contributed by atoms with E-state index in [9.17, 15) is 0 Å². The second-order valence-electron chi connectivity index (χ2n) is 4.34. The van der Waals surface area contributed by atoms with Gasteiger partial charge in [0.15, 0.2) is 0 Å². The van der Waals surface area contributed by atoms with Crippen LogP contribution in [0.4, 0.5) is 0 Å². The summed E-state index contributed by atoms with van der Waals surface area (Å²) in [5, 5.41) is 0. The highest BCUT2D eigenvalue weighted by molar-refractivity contribution is 5.03. The molecule has 2 saturated heterocycles. The van der Waals surface area contributed by atoms with Gasteiger partial charge in [-0.2, -0.15) is 0 Å². The Bertz CT molecular complexity index is 167. The van der Waals surface area contributed by atoms with Gasteiger partial charge in [-0.05, 0) is 39.2 Å². The van der Waals surface area contributed by atoms with E-state index in [-0.39, 0.29) is 0 Å². The monoisotopic (exact) mass is 169 g/mol. The van der Waals surface area contributed by atoms with Gasteiger partial charge in [0, 0.05) is 18.7 Å². The highest BCUT2D eigenvalue weighted by Gasteiger charge is 2.47. The smallest absolute Gasteiger partial charge is 0.0646 e. The van der Waals surface area contributed by atoms with E-state index in [1.807, 2.05) is 7.11 Å². The molecule has 0 aromatic rings. The average Bonchev–Trinajstić information content (AvgIpc) is 2.55. The molecule has 0 saturated carbocycles. The molecule has 2 nitrogen and oxygen atoms in total. The Morgan fingerprint density at radius 1 is 1.50 bits per heavy atom. The highest BCUT2D eigenvalue weighted by atomic mass is 16.5. The Balaban J connectivity index is 2.11. The molecule has 0 aromatic heterocycles. The fourth-order valence-electron chi connectivity index (χ4n) is 3.05. The molecular formula is C10H19NO. The Morgan fingerprint density at radius 3 is 3.08 bits per heavy atom. The van der Waals surface area contributed by atoms with Crippen LogP contribution < -0.4 is 0 Å². The first-order valence-corrected chi connectivity index (χ1v) is 5.04. The Kier molecular flexibility index (Phi) is 2.13. The minimum absolute atomic E-state index is 0.439. The van der Waals surface area contributed by atoms with Crippen molar-refractivity contribution >= 4 is 0 Å². The van der Waals surface area contributed by atoms with Crippen LogP contribution in [-0.2, 0) is 4.74 Å². The molecule has 12 heavy (non-hydrogen) atoms. The maximum atomic E-state index is 5.34. The van der Waals surface area contributed by atoms with E-state index in [0.717, 1.165) is 12.6 Å². The number of hydrogen-bond acceptors (Lipinski definition) is 2. The number of fused-ring (bicyclic) bond motifs is 1. The first-order chi connectivity index (χ1) is 5.78. The summed E-state index contributed by atoms with van der Waals surface area (Å²) in [6.45, 7) is 4.59. The lowest BCUT2D eigenvalue weighted by atomic mass is 9.95. The van der Waals surface area contributed by atoms with Gasteiger partial charge >= 0.3 is 0 Å². The van der Waals surface area contributed by atoms with E-state index >= 15 is 0 Å². The molecule has 0 radical (unpaired) electrons. The molecule has 2 fully saturated rings. The second kappa shape index (κ2) is 3.00. The van der Waals surface area contributed by atoms with Crippen molar-refractivity contribution in [1.29, 1.82) is 0 Å². The van der Waals surface area contributed by atoms with Gasteiger partial charge in [0.1, 0.15) is 0 Å². The summed E-state index contributed by atoms with van der Waals surface area (Å²) in [6.07, 6.45) is 5.43. The van der Waals surface area contributed by atoms with Crippen LogP contribution in [-0.4, -0.2) is 36.7 Å². The fourth-order valence-corrected chi connectivity index (χ4v) is 3.05. The van der Waals surface area contributed by atoms with Crippen LogP contribution in [0.1, 0.15) is 32.6 Å². The number of methoxy groups -OCH3 is 1. The molecule has 0 amide bonds.